The maximum Gasteiger partial charge on any atom is 0.132 e. The molecule has 1 aliphatic carbocycles. The summed E-state index contributed by atoms with van der Waals surface area (Å²) in [5.74, 6) is 0.868. The number of hydrogen-bond acceptors (Lipinski definition) is 3. The van der Waals surface area contributed by atoms with E-state index in [4.69, 9.17) is 4.98 Å². The molecule has 0 unspecified atom stereocenters. The average Bonchev–Trinajstić information content (AvgIpc) is 3.35. The second kappa shape index (κ2) is 6.80. The van der Waals surface area contributed by atoms with Gasteiger partial charge in [0.2, 0.25) is 0 Å². The summed E-state index contributed by atoms with van der Waals surface area (Å²) in [4.78, 5) is 9.24. The summed E-state index contributed by atoms with van der Waals surface area (Å²) in [6, 6.07) is 15.1. The third kappa shape index (κ3) is 3.38. The summed E-state index contributed by atoms with van der Waals surface area (Å²) in [6.45, 7) is 0. The molecule has 0 amide bonds. The van der Waals surface area contributed by atoms with E-state index in [1.54, 1.807) is 0 Å². The molecule has 0 atom stereocenters. The lowest BCUT2D eigenvalue weighted by atomic mass is 10.0. The first-order chi connectivity index (χ1) is 13.3. The van der Waals surface area contributed by atoms with Crippen LogP contribution in [0.3, 0.4) is 0 Å². The molecule has 132 valence electrons. The summed E-state index contributed by atoms with van der Waals surface area (Å²) >= 11 is 0. The molecule has 0 fully saturated rings. The van der Waals surface area contributed by atoms with Gasteiger partial charge >= 0.3 is 0 Å². The molecule has 4 nitrogen and oxygen atoms in total. The molecule has 1 aliphatic rings. The summed E-state index contributed by atoms with van der Waals surface area (Å²) in [6.07, 6.45) is 11.9. The monoisotopic (exact) mass is 352 g/mol. The van der Waals surface area contributed by atoms with Crippen LogP contribution in [0.4, 0.5) is 0 Å². The normalized spacial score (nSPS) is 12.6. The van der Waals surface area contributed by atoms with Crippen LogP contribution in [0.5, 0.6) is 0 Å². The molecule has 4 aromatic rings. The van der Waals surface area contributed by atoms with Crippen molar-refractivity contribution in [2.45, 2.75) is 25.7 Å². The van der Waals surface area contributed by atoms with Gasteiger partial charge in [0.25, 0.3) is 0 Å². The van der Waals surface area contributed by atoms with Crippen molar-refractivity contribution in [3.05, 3.63) is 94.7 Å². The molecule has 0 aliphatic heterocycles. The SMILES string of the molecule is C1=Cc2cc(CCc3ccnc(Cc4ccc5[nH]ncc5c4)n3)ccc2C1. The number of rotatable bonds is 5. The van der Waals surface area contributed by atoms with Crippen molar-refractivity contribution in [3.8, 4) is 0 Å². The van der Waals surface area contributed by atoms with Crippen molar-refractivity contribution < 1.29 is 0 Å². The van der Waals surface area contributed by atoms with Crippen LogP contribution >= 0.6 is 0 Å². The van der Waals surface area contributed by atoms with Gasteiger partial charge in [-0.3, -0.25) is 5.10 Å². The average molecular weight is 352 g/mol. The quantitative estimate of drug-likeness (QED) is 0.583. The van der Waals surface area contributed by atoms with E-state index in [0.29, 0.717) is 0 Å². The molecular formula is C23H20N4. The van der Waals surface area contributed by atoms with Crippen LogP contribution in [0.15, 0.2) is 60.9 Å². The molecule has 2 aromatic heterocycles. The number of aromatic nitrogens is 4. The zero-order valence-corrected chi connectivity index (χ0v) is 15.0. The van der Waals surface area contributed by atoms with Crippen molar-refractivity contribution >= 4 is 17.0 Å². The zero-order valence-electron chi connectivity index (χ0n) is 15.0. The Morgan fingerprint density at radius 3 is 2.93 bits per heavy atom. The van der Waals surface area contributed by atoms with Crippen LogP contribution in [-0.2, 0) is 25.7 Å². The molecular weight excluding hydrogens is 332 g/mol. The summed E-state index contributed by atoms with van der Waals surface area (Å²) in [5.41, 5.74) is 7.51. The Balaban J connectivity index is 1.29. The van der Waals surface area contributed by atoms with Crippen LogP contribution in [0.25, 0.3) is 17.0 Å². The van der Waals surface area contributed by atoms with Gasteiger partial charge in [-0.1, -0.05) is 36.4 Å². The topological polar surface area (TPSA) is 54.5 Å². The summed E-state index contributed by atoms with van der Waals surface area (Å²) in [5, 5.41) is 8.18. The third-order valence-electron chi connectivity index (χ3n) is 5.15. The first kappa shape index (κ1) is 15.9. The van der Waals surface area contributed by atoms with Gasteiger partial charge < -0.3 is 0 Å². The van der Waals surface area contributed by atoms with E-state index in [1.807, 2.05) is 18.5 Å². The van der Waals surface area contributed by atoms with Crippen molar-refractivity contribution in [2.24, 2.45) is 0 Å². The smallest absolute Gasteiger partial charge is 0.132 e. The molecule has 5 rings (SSSR count). The van der Waals surface area contributed by atoms with E-state index in [9.17, 15) is 0 Å². The third-order valence-corrected chi connectivity index (χ3v) is 5.15. The van der Waals surface area contributed by atoms with E-state index in [-0.39, 0.29) is 0 Å². The first-order valence-corrected chi connectivity index (χ1v) is 9.35. The Morgan fingerprint density at radius 2 is 1.93 bits per heavy atom. The molecule has 0 saturated heterocycles. The van der Waals surface area contributed by atoms with E-state index >= 15 is 0 Å². The lowest BCUT2D eigenvalue weighted by molar-refractivity contribution is 0.859. The number of hydrogen-bond donors (Lipinski definition) is 1. The number of benzene rings is 2. The molecule has 0 bridgehead atoms. The fourth-order valence-electron chi connectivity index (χ4n) is 3.68. The summed E-state index contributed by atoms with van der Waals surface area (Å²) in [7, 11) is 0. The number of allylic oxidation sites excluding steroid dienone is 1. The van der Waals surface area contributed by atoms with Crippen LogP contribution < -0.4 is 0 Å². The minimum Gasteiger partial charge on any atom is -0.278 e. The number of fused-ring (bicyclic) bond motifs is 2. The number of H-pyrrole nitrogens is 1. The Bertz CT molecular complexity index is 1140. The van der Waals surface area contributed by atoms with Crippen molar-refractivity contribution in [1.82, 2.24) is 20.2 Å². The van der Waals surface area contributed by atoms with E-state index in [1.165, 1.54) is 22.3 Å². The Morgan fingerprint density at radius 1 is 0.963 bits per heavy atom. The molecule has 0 radical (unpaired) electrons. The van der Waals surface area contributed by atoms with Crippen LogP contribution in [-0.4, -0.2) is 20.2 Å². The highest BCUT2D eigenvalue weighted by atomic mass is 15.1. The fraction of sp³-hybridized carbons (Fsp3) is 0.174. The highest BCUT2D eigenvalue weighted by Crippen LogP contribution is 2.21. The van der Waals surface area contributed by atoms with Crippen LogP contribution in [0, 0.1) is 0 Å². The second-order valence-electron chi connectivity index (χ2n) is 7.07. The van der Waals surface area contributed by atoms with Gasteiger partial charge in [0.05, 0.1) is 11.7 Å². The highest BCUT2D eigenvalue weighted by Gasteiger charge is 2.07. The van der Waals surface area contributed by atoms with Gasteiger partial charge in [-0.25, -0.2) is 9.97 Å². The van der Waals surface area contributed by atoms with Gasteiger partial charge in [-0.2, -0.15) is 5.10 Å². The van der Waals surface area contributed by atoms with Crippen LogP contribution in [0.2, 0.25) is 0 Å². The van der Waals surface area contributed by atoms with Gasteiger partial charge in [0, 0.05) is 23.7 Å². The molecule has 2 aromatic carbocycles. The van der Waals surface area contributed by atoms with E-state index in [2.05, 4.69) is 63.7 Å². The van der Waals surface area contributed by atoms with Gasteiger partial charge in [-0.05, 0) is 59.7 Å². The van der Waals surface area contributed by atoms with Crippen LogP contribution in [0.1, 0.15) is 33.8 Å². The highest BCUT2D eigenvalue weighted by molar-refractivity contribution is 5.78. The number of aromatic amines is 1. The predicted octanol–water partition coefficient (Wildman–Crippen LogP) is 4.30. The maximum absolute atomic E-state index is 4.77. The molecule has 0 spiro atoms. The Labute approximate surface area is 158 Å². The van der Waals surface area contributed by atoms with Crippen molar-refractivity contribution in [3.63, 3.8) is 0 Å². The van der Waals surface area contributed by atoms with E-state index in [0.717, 1.165) is 48.1 Å². The standard InChI is InChI=1S/C23H20N4/c1-2-18-7-4-16(12-19(18)3-1)5-8-21-10-11-24-23(26-21)14-17-6-9-22-20(13-17)15-25-27-22/h1,3-4,6-7,9-13,15H,2,5,8,14H2,(H,25,27). The molecule has 0 saturated carbocycles. The van der Waals surface area contributed by atoms with Gasteiger partial charge in [-0.15, -0.1) is 0 Å². The van der Waals surface area contributed by atoms with E-state index < -0.39 is 0 Å². The number of nitrogens with one attached hydrogen (secondary N) is 1. The molecule has 27 heavy (non-hydrogen) atoms. The minimum absolute atomic E-state index is 0.735. The number of aryl methyl sites for hydroxylation is 2. The van der Waals surface area contributed by atoms with Crippen molar-refractivity contribution in [1.29, 1.82) is 0 Å². The zero-order chi connectivity index (χ0) is 18.1. The van der Waals surface area contributed by atoms with Crippen molar-refractivity contribution in [2.75, 3.05) is 0 Å². The largest absolute Gasteiger partial charge is 0.278 e. The number of nitrogens with zero attached hydrogens (tertiary/aromatic N) is 3. The second-order valence-corrected chi connectivity index (χ2v) is 7.07. The molecule has 2 heterocycles. The van der Waals surface area contributed by atoms with Gasteiger partial charge in [0.1, 0.15) is 5.82 Å². The van der Waals surface area contributed by atoms with Gasteiger partial charge in [0.15, 0.2) is 0 Å². The summed E-state index contributed by atoms with van der Waals surface area (Å²) < 4.78 is 0. The Kier molecular flexibility index (Phi) is 4.02. The molecule has 1 N–H and O–H groups in total. The predicted molar refractivity (Wildman–Crippen MR) is 108 cm³/mol. The lowest BCUT2D eigenvalue weighted by Gasteiger charge is -2.06. The Hall–Kier alpha value is -3.27. The maximum atomic E-state index is 4.77. The first-order valence-electron chi connectivity index (χ1n) is 9.35. The minimum atomic E-state index is 0.735. The molecule has 4 heteroatoms. The lowest BCUT2D eigenvalue weighted by Crippen LogP contribution is -2.02. The fourth-order valence-corrected chi connectivity index (χ4v) is 3.68.